The molecule has 1 aliphatic rings. The zero-order valence-corrected chi connectivity index (χ0v) is 20.1. The lowest BCUT2D eigenvalue weighted by Gasteiger charge is -2.10. The number of amides is 2. The fourth-order valence-corrected chi connectivity index (χ4v) is 3.82. The summed E-state index contributed by atoms with van der Waals surface area (Å²) >= 11 is 0. The molecule has 0 bridgehead atoms. The third kappa shape index (κ3) is 11.6. The summed E-state index contributed by atoms with van der Waals surface area (Å²) in [6.45, 7) is 12.0. The van der Waals surface area contributed by atoms with E-state index in [9.17, 15) is 4.79 Å². The van der Waals surface area contributed by atoms with Crippen LogP contribution in [0.1, 0.15) is 109 Å². The zero-order chi connectivity index (χ0) is 22.0. The van der Waals surface area contributed by atoms with Crippen molar-refractivity contribution in [3.63, 3.8) is 0 Å². The number of urea groups is 1. The van der Waals surface area contributed by atoms with Crippen LogP contribution in [-0.2, 0) is 6.42 Å². The highest BCUT2D eigenvalue weighted by atomic mass is 16.2. The minimum Gasteiger partial charge on any atom is -0.338 e. The van der Waals surface area contributed by atoms with Crippen molar-refractivity contribution in [3.8, 4) is 0 Å². The molecule has 2 amide bonds. The SMILES string of the molecule is CCCCCCCCCNC(=O)Nc1ccc2c(c1)C(C)CC2.CCCNCCC. The first-order valence-corrected chi connectivity index (χ1v) is 12.5. The molecule has 1 atom stereocenters. The molecule has 0 spiro atoms. The maximum atomic E-state index is 11.9. The van der Waals surface area contributed by atoms with Gasteiger partial charge in [-0.15, -0.1) is 0 Å². The van der Waals surface area contributed by atoms with Gasteiger partial charge in [0.15, 0.2) is 0 Å². The van der Waals surface area contributed by atoms with Gasteiger partial charge >= 0.3 is 6.03 Å². The number of rotatable bonds is 13. The molecule has 4 heteroatoms. The first-order valence-electron chi connectivity index (χ1n) is 12.5. The molecule has 2 rings (SSSR count). The summed E-state index contributed by atoms with van der Waals surface area (Å²) in [4.78, 5) is 11.9. The zero-order valence-electron chi connectivity index (χ0n) is 20.1. The van der Waals surface area contributed by atoms with Crippen molar-refractivity contribution in [3.05, 3.63) is 29.3 Å². The first kappa shape index (κ1) is 26.5. The van der Waals surface area contributed by atoms with E-state index in [2.05, 4.69) is 55.8 Å². The Bertz CT molecular complexity index is 569. The van der Waals surface area contributed by atoms with Crippen molar-refractivity contribution in [2.75, 3.05) is 25.0 Å². The van der Waals surface area contributed by atoms with Crippen LogP contribution in [0.5, 0.6) is 0 Å². The lowest BCUT2D eigenvalue weighted by atomic mass is 10.0. The lowest BCUT2D eigenvalue weighted by Crippen LogP contribution is -2.29. The number of carbonyl (C=O) groups is 1. The van der Waals surface area contributed by atoms with Gasteiger partial charge in [0.05, 0.1) is 0 Å². The molecule has 172 valence electrons. The molecule has 1 aromatic rings. The average molecular weight is 418 g/mol. The van der Waals surface area contributed by atoms with Crippen molar-refractivity contribution in [1.82, 2.24) is 10.6 Å². The summed E-state index contributed by atoms with van der Waals surface area (Å²) in [5.74, 6) is 0.613. The highest BCUT2D eigenvalue weighted by molar-refractivity contribution is 5.89. The fraction of sp³-hybridized carbons (Fsp3) is 0.731. The maximum Gasteiger partial charge on any atom is 0.319 e. The molecule has 4 nitrogen and oxygen atoms in total. The second-order valence-electron chi connectivity index (χ2n) is 8.61. The maximum absolute atomic E-state index is 11.9. The molecular formula is C26H47N3O. The van der Waals surface area contributed by atoms with Gasteiger partial charge in [-0.2, -0.15) is 0 Å². The first-order chi connectivity index (χ1) is 14.6. The summed E-state index contributed by atoms with van der Waals surface area (Å²) in [6, 6.07) is 6.23. The molecule has 0 saturated heterocycles. The predicted molar refractivity (Wildman–Crippen MR) is 132 cm³/mol. The van der Waals surface area contributed by atoms with E-state index in [-0.39, 0.29) is 6.03 Å². The van der Waals surface area contributed by atoms with E-state index in [1.54, 1.807) is 0 Å². The topological polar surface area (TPSA) is 53.2 Å². The predicted octanol–water partition coefficient (Wildman–Crippen LogP) is 7.00. The number of unbranched alkanes of at least 4 members (excludes halogenated alkanes) is 6. The molecule has 0 fully saturated rings. The van der Waals surface area contributed by atoms with Crippen molar-refractivity contribution in [1.29, 1.82) is 0 Å². The number of nitrogens with one attached hydrogen (secondary N) is 3. The van der Waals surface area contributed by atoms with Crippen LogP contribution in [0.15, 0.2) is 18.2 Å². The Kier molecular flexibility index (Phi) is 15.2. The third-order valence-electron chi connectivity index (χ3n) is 5.70. The molecule has 0 saturated carbocycles. The summed E-state index contributed by atoms with van der Waals surface area (Å²) < 4.78 is 0. The quantitative estimate of drug-likeness (QED) is 0.302. The number of aryl methyl sites for hydroxylation is 1. The Labute approximate surface area is 186 Å². The lowest BCUT2D eigenvalue weighted by molar-refractivity contribution is 0.252. The molecule has 0 aromatic heterocycles. The van der Waals surface area contributed by atoms with Crippen molar-refractivity contribution >= 4 is 11.7 Å². The Morgan fingerprint density at radius 1 is 0.900 bits per heavy atom. The van der Waals surface area contributed by atoms with Crippen LogP contribution in [0.2, 0.25) is 0 Å². The van der Waals surface area contributed by atoms with Gasteiger partial charge in [0.1, 0.15) is 0 Å². The van der Waals surface area contributed by atoms with E-state index >= 15 is 0 Å². The van der Waals surface area contributed by atoms with Crippen LogP contribution in [0.3, 0.4) is 0 Å². The van der Waals surface area contributed by atoms with Gasteiger partial charge in [0, 0.05) is 12.2 Å². The van der Waals surface area contributed by atoms with Gasteiger partial charge in [-0.25, -0.2) is 4.79 Å². The van der Waals surface area contributed by atoms with Gasteiger partial charge < -0.3 is 16.0 Å². The number of benzene rings is 1. The van der Waals surface area contributed by atoms with Crippen LogP contribution in [0.4, 0.5) is 10.5 Å². The fourth-order valence-electron chi connectivity index (χ4n) is 3.82. The van der Waals surface area contributed by atoms with Gasteiger partial charge in [-0.3, -0.25) is 0 Å². The molecule has 1 aliphatic carbocycles. The smallest absolute Gasteiger partial charge is 0.319 e. The Morgan fingerprint density at radius 3 is 2.23 bits per heavy atom. The normalized spacial score (nSPS) is 14.6. The molecule has 1 aromatic carbocycles. The standard InChI is InChI=1S/C20H32N2O.C6H15N/c1-3-4-5-6-7-8-9-14-21-20(23)22-18-13-12-17-11-10-16(2)19(17)15-18;1-3-5-7-6-4-2/h12-13,15-16H,3-11,14H2,1-2H3,(H2,21,22,23);7H,3-6H2,1-2H3. The second-order valence-corrected chi connectivity index (χ2v) is 8.61. The van der Waals surface area contributed by atoms with Gasteiger partial charge in [-0.1, -0.05) is 72.3 Å². The van der Waals surface area contributed by atoms with Gasteiger partial charge in [0.2, 0.25) is 0 Å². The number of anilines is 1. The second kappa shape index (κ2) is 17.2. The van der Waals surface area contributed by atoms with Crippen LogP contribution < -0.4 is 16.0 Å². The third-order valence-corrected chi connectivity index (χ3v) is 5.70. The Hall–Kier alpha value is -1.55. The van der Waals surface area contributed by atoms with Crippen LogP contribution in [0.25, 0.3) is 0 Å². The Morgan fingerprint density at radius 2 is 1.57 bits per heavy atom. The molecule has 0 radical (unpaired) electrons. The highest BCUT2D eigenvalue weighted by Crippen LogP contribution is 2.34. The van der Waals surface area contributed by atoms with E-state index < -0.39 is 0 Å². The van der Waals surface area contributed by atoms with E-state index in [4.69, 9.17) is 0 Å². The van der Waals surface area contributed by atoms with Crippen LogP contribution >= 0.6 is 0 Å². The molecule has 1 unspecified atom stereocenters. The molecule has 0 aliphatic heterocycles. The van der Waals surface area contributed by atoms with Gasteiger partial charge in [-0.05, 0) is 74.4 Å². The van der Waals surface area contributed by atoms with Gasteiger partial charge in [0.25, 0.3) is 0 Å². The van der Waals surface area contributed by atoms with E-state index in [0.717, 1.165) is 18.7 Å². The monoisotopic (exact) mass is 417 g/mol. The number of hydrogen-bond donors (Lipinski definition) is 3. The molecule has 0 heterocycles. The van der Waals surface area contributed by atoms with Crippen LogP contribution in [-0.4, -0.2) is 25.7 Å². The molecule has 30 heavy (non-hydrogen) atoms. The minimum atomic E-state index is -0.0819. The van der Waals surface area contributed by atoms with Crippen LogP contribution in [0, 0.1) is 0 Å². The number of carbonyl (C=O) groups excluding carboxylic acids is 1. The largest absolute Gasteiger partial charge is 0.338 e. The summed E-state index contributed by atoms with van der Waals surface area (Å²) in [7, 11) is 0. The number of fused-ring (bicyclic) bond motifs is 1. The minimum absolute atomic E-state index is 0.0819. The highest BCUT2D eigenvalue weighted by Gasteiger charge is 2.18. The molecular weight excluding hydrogens is 370 g/mol. The van der Waals surface area contributed by atoms with Crippen molar-refractivity contribution in [2.24, 2.45) is 0 Å². The van der Waals surface area contributed by atoms with Crippen molar-refractivity contribution in [2.45, 2.75) is 104 Å². The average Bonchev–Trinajstić information content (AvgIpc) is 3.11. The molecule has 3 N–H and O–H groups in total. The van der Waals surface area contributed by atoms with E-state index in [0.29, 0.717) is 5.92 Å². The summed E-state index contributed by atoms with van der Waals surface area (Å²) in [5, 5.41) is 9.21. The van der Waals surface area contributed by atoms with E-state index in [1.165, 1.54) is 88.4 Å². The summed E-state index contributed by atoms with van der Waals surface area (Å²) in [5.41, 5.74) is 3.75. The summed E-state index contributed by atoms with van der Waals surface area (Å²) in [6.07, 6.45) is 13.8. The number of hydrogen-bond acceptors (Lipinski definition) is 2. The van der Waals surface area contributed by atoms with Crippen molar-refractivity contribution < 1.29 is 4.79 Å². The van der Waals surface area contributed by atoms with E-state index in [1.807, 2.05) is 6.07 Å². The Balaban J connectivity index is 0.000000553.